The number of amides is 2. The molecular formula is C25H40N2O3. The van der Waals surface area contributed by atoms with Gasteiger partial charge >= 0.3 is 0 Å². The predicted octanol–water partition coefficient (Wildman–Crippen LogP) is 3.78. The van der Waals surface area contributed by atoms with Crippen LogP contribution in [-0.2, 0) is 14.3 Å². The lowest BCUT2D eigenvalue weighted by atomic mass is 9.47. The van der Waals surface area contributed by atoms with Gasteiger partial charge < -0.3 is 15.0 Å². The normalized spacial score (nSPS) is 42.5. The molecule has 2 amide bonds. The average molecular weight is 417 g/mol. The van der Waals surface area contributed by atoms with Crippen LogP contribution < -0.4 is 5.32 Å². The van der Waals surface area contributed by atoms with E-state index in [1.165, 1.54) is 19.3 Å². The highest BCUT2D eigenvalue weighted by Crippen LogP contribution is 2.65. The number of nitrogens with zero attached hydrogens (tertiary/aromatic N) is 1. The first kappa shape index (κ1) is 21.9. The van der Waals surface area contributed by atoms with Gasteiger partial charge in [-0.15, -0.1) is 0 Å². The summed E-state index contributed by atoms with van der Waals surface area (Å²) in [6.07, 6.45) is 11.7. The number of hydrogen-bond donors (Lipinski definition) is 1. The molecule has 3 fully saturated rings. The monoisotopic (exact) mass is 416 g/mol. The quantitative estimate of drug-likeness (QED) is 0.670. The van der Waals surface area contributed by atoms with E-state index >= 15 is 0 Å². The van der Waals surface area contributed by atoms with Gasteiger partial charge in [-0.05, 0) is 81.1 Å². The fourth-order valence-electron chi connectivity index (χ4n) is 7.82. The van der Waals surface area contributed by atoms with Gasteiger partial charge in [0.05, 0.1) is 0 Å². The van der Waals surface area contributed by atoms with Crippen molar-refractivity contribution >= 4 is 11.8 Å². The molecule has 168 valence electrons. The topological polar surface area (TPSA) is 58.6 Å². The zero-order chi connectivity index (χ0) is 21.5. The number of nitrogens with one attached hydrogen (secondary N) is 1. The predicted molar refractivity (Wildman–Crippen MR) is 118 cm³/mol. The highest BCUT2D eigenvalue weighted by atomic mass is 16.5. The van der Waals surface area contributed by atoms with Crippen LogP contribution in [0.4, 0.5) is 0 Å². The Morgan fingerprint density at radius 2 is 2.00 bits per heavy atom. The van der Waals surface area contributed by atoms with Crippen LogP contribution in [0.2, 0.25) is 0 Å². The molecule has 3 aliphatic carbocycles. The number of rotatable bonds is 6. The molecule has 1 N–H and O–H groups in total. The molecule has 2 unspecified atom stereocenters. The molecule has 0 radical (unpaired) electrons. The molecular weight excluding hydrogens is 376 g/mol. The van der Waals surface area contributed by atoms with E-state index in [-0.39, 0.29) is 28.6 Å². The van der Waals surface area contributed by atoms with Crippen LogP contribution >= 0.6 is 0 Å². The summed E-state index contributed by atoms with van der Waals surface area (Å²) >= 11 is 0. The maximum Gasteiger partial charge on any atom is 0.246 e. The van der Waals surface area contributed by atoms with E-state index in [0.717, 1.165) is 38.9 Å². The van der Waals surface area contributed by atoms with Crippen molar-refractivity contribution in [2.24, 2.45) is 34.5 Å². The standard InChI is InChI=1S/C25H40N2O3/c1-5-30-16-6-15-26-23(29)20-9-8-18-17-7-10-21-25(3,14-12-22(28)27(21)4)19(17)11-13-24(18,20)2/h12,14,17-21H,5-11,13,15-16H2,1-4H3,(H,26,29)/t17-,18-,19+,20?,21?,24-,25+/m0/s1. The lowest BCUT2D eigenvalue weighted by Crippen LogP contribution is -2.59. The SMILES string of the molecule is CCOCCCNC(=O)C1CC[C@H]2[C@@H]3CCC4N(C)C(=O)C=C[C@]4(C)[C@@H]3CC[C@]12C. The van der Waals surface area contributed by atoms with Gasteiger partial charge in [-0.2, -0.15) is 0 Å². The van der Waals surface area contributed by atoms with Crippen molar-refractivity contribution in [1.29, 1.82) is 0 Å². The second kappa shape index (κ2) is 8.29. The number of hydrogen-bond acceptors (Lipinski definition) is 3. The van der Waals surface area contributed by atoms with Crippen LogP contribution in [0.5, 0.6) is 0 Å². The van der Waals surface area contributed by atoms with Crippen LogP contribution in [0.25, 0.3) is 0 Å². The van der Waals surface area contributed by atoms with Gasteiger partial charge in [0.2, 0.25) is 11.8 Å². The van der Waals surface area contributed by atoms with Crippen molar-refractivity contribution in [3.63, 3.8) is 0 Å². The fourth-order valence-corrected chi connectivity index (χ4v) is 7.82. The second-order valence-corrected chi connectivity index (χ2v) is 10.6. The Bertz CT molecular complexity index is 707. The summed E-state index contributed by atoms with van der Waals surface area (Å²) in [7, 11) is 1.98. The van der Waals surface area contributed by atoms with Crippen molar-refractivity contribution in [1.82, 2.24) is 10.2 Å². The number of carbonyl (C=O) groups is 2. The second-order valence-electron chi connectivity index (χ2n) is 10.6. The Morgan fingerprint density at radius 3 is 2.77 bits per heavy atom. The molecule has 4 aliphatic rings. The van der Waals surface area contributed by atoms with Crippen molar-refractivity contribution < 1.29 is 14.3 Å². The lowest BCUT2D eigenvalue weighted by molar-refractivity contribution is -0.142. The van der Waals surface area contributed by atoms with E-state index in [1.54, 1.807) is 6.08 Å². The van der Waals surface area contributed by atoms with Gasteiger partial charge in [-0.3, -0.25) is 9.59 Å². The summed E-state index contributed by atoms with van der Waals surface area (Å²) < 4.78 is 5.39. The van der Waals surface area contributed by atoms with Crippen LogP contribution in [0.3, 0.4) is 0 Å². The molecule has 4 rings (SSSR count). The molecule has 5 heteroatoms. The van der Waals surface area contributed by atoms with E-state index in [1.807, 2.05) is 18.9 Å². The smallest absolute Gasteiger partial charge is 0.246 e. The van der Waals surface area contributed by atoms with Gasteiger partial charge in [0.25, 0.3) is 0 Å². The number of likely N-dealkylation sites (N-methyl/N-ethyl adjacent to an activating group) is 1. The van der Waals surface area contributed by atoms with Crippen molar-refractivity contribution in [3.05, 3.63) is 12.2 Å². The van der Waals surface area contributed by atoms with E-state index < -0.39 is 0 Å². The Morgan fingerprint density at radius 1 is 1.20 bits per heavy atom. The molecule has 7 atom stereocenters. The molecule has 1 heterocycles. The number of ether oxygens (including phenoxy) is 1. The molecule has 0 aromatic rings. The first-order valence-corrected chi connectivity index (χ1v) is 12.1. The van der Waals surface area contributed by atoms with Crippen molar-refractivity contribution in [2.75, 3.05) is 26.8 Å². The summed E-state index contributed by atoms with van der Waals surface area (Å²) in [6.45, 7) is 8.95. The van der Waals surface area contributed by atoms with Crippen LogP contribution in [0.15, 0.2) is 12.2 Å². The van der Waals surface area contributed by atoms with Crippen molar-refractivity contribution in [2.45, 2.75) is 71.8 Å². The minimum absolute atomic E-state index is 0.0759. The van der Waals surface area contributed by atoms with Gasteiger partial charge in [-0.1, -0.05) is 19.9 Å². The van der Waals surface area contributed by atoms with Gasteiger partial charge in [0.1, 0.15) is 0 Å². The number of fused-ring (bicyclic) bond motifs is 5. The molecule has 0 spiro atoms. The third kappa shape index (κ3) is 3.41. The Balaban J connectivity index is 1.46. The van der Waals surface area contributed by atoms with Gasteiger partial charge in [0, 0.05) is 44.2 Å². The van der Waals surface area contributed by atoms with Gasteiger partial charge in [0.15, 0.2) is 0 Å². The number of carbonyl (C=O) groups excluding carboxylic acids is 2. The fraction of sp³-hybridized carbons (Fsp3) is 0.840. The highest BCUT2D eigenvalue weighted by Gasteiger charge is 2.61. The highest BCUT2D eigenvalue weighted by molar-refractivity contribution is 5.89. The summed E-state index contributed by atoms with van der Waals surface area (Å²) in [5.41, 5.74) is 0.195. The molecule has 30 heavy (non-hydrogen) atoms. The zero-order valence-corrected chi connectivity index (χ0v) is 19.3. The third-order valence-corrected chi connectivity index (χ3v) is 9.41. The van der Waals surface area contributed by atoms with E-state index in [0.29, 0.717) is 30.3 Å². The molecule has 0 bridgehead atoms. The minimum Gasteiger partial charge on any atom is -0.382 e. The van der Waals surface area contributed by atoms with E-state index in [9.17, 15) is 9.59 Å². The minimum atomic E-state index is 0.0759. The van der Waals surface area contributed by atoms with Crippen LogP contribution in [0.1, 0.15) is 65.7 Å². The molecule has 1 aliphatic heterocycles. The van der Waals surface area contributed by atoms with E-state index in [2.05, 4.69) is 25.2 Å². The molecule has 0 aromatic heterocycles. The molecule has 0 saturated heterocycles. The van der Waals surface area contributed by atoms with Crippen LogP contribution in [-0.4, -0.2) is 49.6 Å². The summed E-state index contributed by atoms with van der Waals surface area (Å²) in [5.74, 6) is 2.48. The summed E-state index contributed by atoms with van der Waals surface area (Å²) in [5, 5.41) is 3.20. The first-order chi connectivity index (χ1) is 14.3. The average Bonchev–Trinajstić information content (AvgIpc) is 3.08. The zero-order valence-electron chi connectivity index (χ0n) is 19.3. The van der Waals surface area contributed by atoms with Gasteiger partial charge in [-0.25, -0.2) is 0 Å². The Kier molecular flexibility index (Phi) is 6.04. The first-order valence-electron chi connectivity index (χ1n) is 12.1. The summed E-state index contributed by atoms with van der Waals surface area (Å²) in [4.78, 5) is 27.3. The lowest BCUT2D eigenvalue weighted by Gasteiger charge is -2.60. The maximum absolute atomic E-state index is 13.1. The summed E-state index contributed by atoms with van der Waals surface area (Å²) in [6, 6.07) is 0.325. The Labute approximate surface area is 182 Å². The largest absolute Gasteiger partial charge is 0.382 e. The third-order valence-electron chi connectivity index (χ3n) is 9.41. The Hall–Kier alpha value is -1.36. The van der Waals surface area contributed by atoms with Crippen molar-refractivity contribution in [3.8, 4) is 0 Å². The molecule has 3 saturated carbocycles. The van der Waals surface area contributed by atoms with E-state index in [4.69, 9.17) is 4.74 Å². The molecule has 5 nitrogen and oxygen atoms in total. The maximum atomic E-state index is 13.1. The molecule has 0 aromatic carbocycles. The van der Waals surface area contributed by atoms with Crippen LogP contribution in [0, 0.1) is 34.5 Å².